The maximum absolute atomic E-state index is 13.1. The van der Waals surface area contributed by atoms with Crippen molar-refractivity contribution in [2.45, 2.75) is 26.3 Å². The second-order valence-corrected chi connectivity index (χ2v) is 10.1. The highest BCUT2D eigenvalue weighted by Crippen LogP contribution is 2.26. The lowest BCUT2D eigenvalue weighted by atomic mass is 9.96. The fourth-order valence-electron chi connectivity index (χ4n) is 5.05. The smallest absolute Gasteiger partial charge is 0.253 e. The van der Waals surface area contributed by atoms with E-state index in [9.17, 15) is 14.0 Å². The SMILES string of the molecule is COCCNC(=O)c1ccc2nn(CC3CCN(C(=O)c4ccc(Oc5ccc(F)cc5)cc4)CC3)cc2c1C. The van der Waals surface area contributed by atoms with Gasteiger partial charge in [0, 0.05) is 56.0 Å². The summed E-state index contributed by atoms with van der Waals surface area (Å²) in [5, 5.41) is 8.59. The van der Waals surface area contributed by atoms with Crippen LogP contribution < -0.4 is 10.1 Å². The number of nitrogens with one attached hydrogen (secondary N) is 1. The summed E-state index contributed by atoms with van der Waals surface area (Å²) in [6.07, 6.45) is 3.80. The molecule has 2 heterocycles. The molecule has 0 saturated carbocycles. The van der Waals surface area contributed by atoms with Crippen LogP contribution in [-0.2, 0) is 11.3 Å². The van der Waals surface area contributed by atoms with Gasteiger partial charge in [-0.05, 0) is 91.9 Å². The number of benzene rings is 3. The third-order valence-electron chi connectivity index (χ3n) is 7.34. The van der Waals surface area contributed by atoms with E-state index in [1.807, 2.05) is 34.8 Å². The zero-order valence-electron chi connectivity index (χ0n) is 22.7. The van der Waals surface area contributed by atoms with Gasteiger partial charge in [-0.2, -0.15) is 5.10 Å². The number of amides is 2. The van der Waals surface area contributed by atoms with Gasteiger partial charge >= 0.3 is 0 Å². The fraction of sp³-hybridized carbons (Fsp3) is 0.323. The highest BCUT2D eigenvalue weighted by Gasteiger charge is 2.24. The molecule has 0 spiro atoms. The number of piperidine rings is 1. The molecule has 208 valence electrons. The summed E-state index contributed by atoms with van der Waals surface area (Å²) in [6, 6.07) is 16.5. The van der Waals surface area contributed by atoms with Crippen molar-refractivity contribution < 1.29 is 23.5 Å². The van der Waals surface area contributed by atoms with Gasteiger partial charge in [0.1, 0.15) is 17.3 Å². The number of rotatable bonds is 9. The van der Waals surface area contributed by atoms with Gasteiger partial charge in [-0.25, -0.2) is 4.39 Å². The Hall–Kier alpha value is -4.24. The second-order valence-electron chi connectivity index (χ2n) is 10.1. The monoisotopic (exact) mass is 544 g/mol. The molecule has 40 heavy (non-hydrogen) atoms. The first-order valence-electron chi connectivity index (χ1n) is 13.5. The van der Waals surface area contributed by atoms with Crippen LogP contribution in [0.4, 0.5) is 4.39 Å². The Bertz CT molecular complexity index is 1480. The Morgan fingerprint density at radius 2 is 1.68 bits per heavy atom. The Labute approximate surface area is 232 Å². The van der Waals surface area contributed by atoms with E-state index >= 15 is 0 Å². The maximum Gasteiger partial charge on any atom is 0.253 e. The lowest BCUT2D eigenvalue weighted by molar-refractivity contribution is 0.0681. The van der Waals surface area contributed by atoms with Gasteiger partial charge in [0.05, 0.1) is 12.1 Å². The van der Waals surface area contributed by atoms with Crippen molar-refractivity contribution in [1.29, 1.82) is 0 Å². The summed E-state index contributed by atoms with van der Waals surface area (Å²) in [5.74, 6) is 1.09. The van der Waals surface area contributed by atoms with E-state index in [0.717, 1.165) is 35.9 Å². The first kappa shape index (κ1) is 27.3. The van der Waals surface area contributed by atoms with Crippen molar-refractivity contribution in [2.75, 3.05) is 33.4 Å². The molecule has 0 aliphatic carbocycles. The zero-order valence-corrected chi connectivity index (χ0v) is 22.7. The van der Waals surface area contributed by atoms with Gasteiger partial charge < -0.3 is 19.7 Å². The number of halogens is 1. The first-order valence-corrected chi connectivity index (χ1v) is 13.5. The van der Waals surface area contributed by atoms with E-state index in [4.69, 9.17) is 14.6 Å². The van der Waals surface area contributed by atoms with Crippen LogP contribution in [0.5, 0.6) is 11.5 Å². The molecule has 1 N–H and O–H groups in total. The highest BCUT2D eigenvalue weighted by molar-refractivity contribution is 6.00. The normalized spacial score (nSPS) is 13.9. The molecule has 0 bridgehead atoms. The van der Waals surface area contributed by atoms with E-state index in [-0.39, 0.29) is 17.6 Å². The molecule has 3 aromatic carbocycles. The molecule has 1 aliphatic heterocycles. The topological polar surface area (TPSA) is 85.7 Å². The molecule has 1 aromatic heterocycles. The Kier molecular flexibility index (Phi) is 8.40. The van der Waals surface area contributed by atoms with Gasteiger partial charge in [-0.1, -0.05) is 0 Å². The summed E-state index contributed by atoms with van der Waals surface area (Å²) < 4.78 is 25.8. The molecule has 1 aliphatic rings. The third-order valence-corrected chi connectivity index (χ3v) is 7.34. The lowest BCUT2D eigenvalue weighted by Gasteiger charge is -2.32. The molecule has 1 saturated heterocycles. The van der Waals surface area contributed by atoms with Crippen LogP contribution in [0.3, 0.4) is 0 Å². The van der Waals surface area contributed by atoms with Crippen LogP contribution in [0.25, 0.3) is 10.9 Å². The number of nitrogens with zero attached hydrogens (tertiary/aromatic N) is 3. The van der Waals surface area contributed by atoms with Crippen molar-refractivity contribution in [1.82, 2.24) is 20.0 Å². The minimum Gasteiger partial charge on any atom is -0.457 e. The van der Waals surface area contributed by atoms with E-state index in [2.05, 4.69) is 5.32 Å². The second kappa shape index (κ2) is 12.3. The van der Waals surface area contributed by atoms with Crippen LogP contribution in [0.1, 0.15) is 39.1 Å². The lowest BCUT2D eigenvalue weighted by Crippen LogP contribution is -2.39. The van der Waals surface area contributed by atoms with E-state index in [0.29, 0.717) is 54.8 Å². The average molecular weight is 545 g/mol. The van der Waals surface area contributed by atoms with Gasteiger partial charge in [0.15, 0.2) is 0 Å². The van der Waals surface area contributed by atoms with Crippen molar-refractivity contribution in [3.63, 3.8) is 0 Å². The van der Waals surface area contributed by atoms with Crippen LogP contribution >= 0.6 is 0 Å². The zero-order chi connectivity index (χ0) is 28.1. The molecule has 8 nitrogen and oxygen atoms in total. The quantitative estimate of drug-likeness (QED) is 0.293. The number of aryl methyl sites for hydroxylation is 1. The Morgan fingerprint density at radius 3 is 2.35 bits per heavy atom. The van der Waals surface area contributed by atoms with E-state index in [1.165, 1.54) is 12.1 Å². The predicted octanol–water partition coefficient (Wildman–Crippen LogP) is 5.20. The number of hydrogen-bond donors (Lipinski definition) is 1. The number of carbonyl (C=O) groups excluding carboxylic acids is 2. The first-order chi connectivity index (χ1) is 19.4. The van der Waals surface area contributed by atoms with Crippen molar-refractivity contribution in [3.8, 4) is 11.5 Å². The molecule has 0 atom stereocenters. The number of aromatic nitrogens is 2. The Morgan fingerprint density at radius 1 is 1.00 bits per heavy atom. The molecule has 2 amide bonds. The van der Waals surface area contributed by atoms with E-state index < -0.39 is 0 Å². The average Bonchev–Trinajstić information content (AvgIpc) is 3.38. The molecule has 9 heteroatoms. The maximum atomic E-state index is 13.1. The van der Waals surface area contributed by atoms with Crippen molar-refractivity contribution in [2.24, 2.45) is 5.92 Å². The minimum atomic E-state index is -0.320. The van der Waals surface area contributed by atoms with Gasteiger partial charge in [-0.15, -0.1) is 0 Å². The minimum absolute atomic E-state index is 0.00328. The summed E-state index contributed by atoms with van der Waals surface area (Å²) >= 11 is 0. The van der Waals surface area contributed by atoms with Crippen LogP contribution in [0.2, 0.25) is 0 Å². The van der Waals surface area contributed by atoms with Crippen LogP contribution in [-0.4, -0.2) is 59.8 Å². The number of methoxy groups -OCH3 is 1. The number of fused-ring (bicyclic) bond motifs is 1. The van der Waals surface area contributed by atoms with Crippen molar-refractivity contribution in [3.05, 3.63) is 89.4 Å². The standard InChI is InChI=1S/C31H33FN4O4/c1-21-27(30(37)33-15-18-39-2)11-12-29-28(21)20-36(34-29)19-22-13-16-35(17-14-22)31(38)23-3-7-25(8-4-23)40-26-9-5-24(32)6-10-26/h3-12,20,22H,13-19H2,1-2H3,(H,33,37). The molecule has 4 aromatic rings. The molecular weight excluding hydrogens is 511 g/mol. The molecular formula is C31H33FN4O4. The summed E-state index contributed by atoms with van der Waals surface area (Å²) in [4.78, 5) is 27.5. The molecule has 0 unspecified atom stereocenters. The number of carbonyl (C=O) groups is 2. The molecule has 0 radical (unpaired) electrons. The van der Waals surface area contributed by atoms with Crippen molar-refractivity contribution >= 4 is 22.7 Å². The molecule has 5 rings (SSSR count). The Balaban J connectivity index is 1.15. The van der Waals surface area contributed by atoms with Gasteiger partial charge in [0.25, 0.3) is 11.8 Å². The van der Waals surface area contributed by atoms with E-state index in [1.54, 1.807) is 43.5 Å². The largest absolute Gasteiger partial charge is 0.457 e. The van der Waals surface area contributed by atoms with Crippen LogP contribution in [0, 0.1) is 18.7 Å². The predicted molar refractivity (Wildman–Crippen MR) is 150 cm³/mol. The summed E-state index contributed by atoms with van der Waals surface area (Å²) in [6.45, 7) is 5.01. The fourth-order valence-corrected chi connectivity index (χ4v) is 5.05. The highest BCUT2D eigenvalue weighted by atomic mass is 19.1. The number of ether oxygens (including phenoxy) is 2. The summed E-state index contributed by atoms with van der Waals surface area (Å²) in [7, 11) is 1.60. The van der Waals surface area contributed by atoms with Gasteiger partial charge in [0.2, 0.25) is 0 Å². The van der Waals surface area contributed by atoms with Crippen LogP contribution in [0.15, 0.2) is 66.9 Å². The number of likely N-dealkylation sites (tertiary alicyclic amines) is 1. The third kappa shape index (κ3) is 6.31. The molecule has 1 fully saturated rings. The van der Waals surface area contributed by atoms with Gasteiger partial charge in [-0.3, -0.25) is 14.3 Å². The summed E-state index contributed by atoms with van der Waals surface area (Å²) in [5.41, 5.74) is 3.03. The number of hydrogen-bond acceptors (Lipinski definition) is 5.